The van der Waals surface area contributed by atoms with Crippen LogP contribution >= 0.6 is 23.5 Å². The quantitative estimate of drug-likeness (QED) is 0.480. The van der Waals surface area contributed by atoms with Gasteiger partial charge in [-0.3, -0.25) is 14.9 Å². The molecule has 2 aromatic carbocycles. The molecule has 0 radical (unpaired) electrons. The van der Waals surface area contributed by atoms with Crippen molar-refractivity contribution in [2.45, 2.75) is 17.5 Å². The maximum absolute atomic E-state index is 12.5. The molecule has 1 saturated heterocycles. The van der Waals surface area contributed by atoms with E-state index in [0.717, 1.165) is 0 Å². The SMILES string of the molecule is C[C@H](c1cccc([N+](=O)[O-])c1)N(C)C(=O)COc1ccc(C2SCCS2)cc1. The summed E-state index contributed by atoms with van der Waals surface area (Å²) in [6, 6.07) is 13.9. The molecule has 1 atom stereocenters. The van der Waals surface area contributed by atoms with Gasteiger partial charge in [-0.15, -0.1) is 23.5 Å². The molecule has 0 saturated carbocycles. The molecule has 0 aliphatic carbocycles. The summed E-state index contributed by atoms with van der Waals surface area (Å²) in [6.45, 7) is 1.75. The minimum absolute atomic E-state index is 0.0140. The second kappa shape index (κ2) is 9.34. The van der Waals surface area contributed by atoms with E-state index in [1.54, 1.807) is 24.1 Å². The predicted molar refractivity (Wildman–Crippen MR) is 114 cm³/mol. The molecule has 1 aliphatic heterocycles. The Kier molecular flexibility index (Phi) is 6.85. The Morgan fingerprint density at radius 1 is 1.25 bits per heavy atom. The first-order valence-electron chi connectivity index (χ1n) is 8.91. The molecule has 0 bridgehead atoms. The van der Waals surface area contributed by atoms with Gasteiger partial charge >= 0.3 is 0 Å². The lowest BCUT2D eigenvalue weighted by Crippen LogP contribution is -2.33. The Morgan fingerprint density at radius 3 is 2.57 bits per heavy atom. The summed E-state index contributed by atoms with van der Waals surface area (Å²) in [5.74, 6) is 2.82. The monoisotopic (exact) mass is 418 g/mol. The molecular formula is C20H22N2O4S2. The number of carbonyl (C=O) groups is 1. The van der Waals surface area contributed by atoms with Crippen LogP contribution in [0.3, 0.4) is 0 Å². The number of rotatable bonds is 7. The normalized spacial score (nSPS) is 15.2. The van der Waals surface area contributed by atoms with E-state index in [-0.39, 0.29) is 24.2 Å². The van der Waals surface area contributed by atoms with Gasteiger partial charge in [0.15, 0.2) is 6.61 Å². The molecule has 1 amide bonds. The molecule has 28 heavy (non-hydrogen) atoms. The van der Waals surface area contributed by atoms with Gasteiger partial charge in [0.05, 0.1) is 15.5 Å². The number of likely N-dealkylation sites (N-methyl/N-ethyl adjacent to an activating group) is 1. The number of nitro benzene ring substituents is 1. The highest BCUT2D eigenvalue weighted by Gasteiger charge is 2.20. The molecule has 0 unspecified atom stereocenters. The lowest BCUT2D eigenvalue weighted by Gasteiger charge is -2.25. The van der Waals surface area contributed by atoms with Crippen LogP contribution in [0.15, 0.2) is 48.5 Å². The fourth-order valence-corrected chi connectivity index (χ4v) is 5.72. The predicted octanol–water partition coefficient (Wildman–Crippen LogP) is 4.67. The van der Waals surface area contributed by atoms with E-state index in [1.807, 2.05) is 54.7 Å². The van der Waals surface area contributed by atoms with Crippen molar-refractivity contribution >= 4 is 35.1 Å². The van der Waals surface area contributed by atoms with Crippen molar-refractivity contribution in [2.75, 3.05) is 25.2 Å². The minimum Gasteiger partial charge on any atom is -0.484 e. The highest BCUT2D eigenvalue weighted by molar-refractivity contribution is 8.19. The van der Waals surface area contributed by atoms with Crippen LogP contribution in [-0.4, -0.2) is 40.9 Å². The molecule has 0 spiro atoms. The number of benzene rings is 2. The number of nitrogens with zero attached hydrogens (tertiary/aromatic N) is 2. The Hall–Kier alpha value is -2.19. The van der Waals surface area contributed by atoms with Gasteiger partial charge in [0.2, 0.25) is 0 Å². The molecule has 0 aromatic heterocycles. The van der Waals surface area contributed by atoms with E-state index >= 15 is 0 Å². The standard InChI is InChI=1S/C20H22N2O4S2/c1-14(16-4-3-5-17(12-16)22(24)25)21(2)19(23)13-26-18-8-6-15(7-9-18)20-27-10-11-28-20/h3-9,12,14,20H,10-11,13H2,1-2H3/t14-/m1/s1. The van der Waals surface area contributed by atoms with Crippen LogP contribution in [0.2, 0.25) is 0 Å². The van der Waals surface area contributed by atoms with Crippen LogP contribution < -0.4 is 4.74 Å². The maximum atomic E-state index is 12.5. The topological polar surface area (TPSA) is 72.7 Å². The van der Waals surface area contributed by atoms with Crippen LogP contribution in [-0.2, 0) is 4.79 Å². The summed E-state index contributed by atoms with van der Waals surface area (Å²) in [6.07, 6.45) is 0. The number of non-ortho nitro benzene ring substituents is 1. The fraction of sp³-hybridized carbons (Fsp3) is 0.350. The Bertz CT molecular complexity index is 838. The number of ether oxygens (including phenoxy) is 1. The van der Waals surface area contributed by atoms with Gasteiger partial charge in [0.25, 0.3) is 11.6 Å². The highest BCUT2D eigenvalue weighted by Crippen LogP contribution is 2.45. The number of amides is 1. The van der Waals surface area contributed by atoms with Crippen LogP contribution in [0.25, 0.3) is 0 Å². The zero-order valence-corrected chi connectivity index (χ0v) is 17.4. The number of thioether (sulfide) groups is 2. The number of hydrogen-bond donors (Lipinski definition) is 0. The van der Waals surface area contributed by atoms with Crippen molar-refractivity contribution in [3.63, 3.8) is 0 Å². The van der Waals surface area contributed by atoms with Gasteiger partial charge in [-0.2, -0.15) is 0 Å². The van der Waals surface area contributed by atoms with E-state index < -0.39 is 4.92 Å². The van der Waals surface area contributed by atoms with Crippen LogP contribution in [0.4, 0.5) is 5.69 Å². The molecule has 1 fully saturated rings. The molecule has 0 N–H and O–H groups in total. The van der Waals surface area contributed by atoms with Gasteiger partial charge in [-0.05, 0) is 30.2 Å². The lowest BCUT2D eigenvalue weighted by atomic mass is 10.1. The zero-order valence-electron chi connectivity index (χ0n) is 15.7. The second-order valence-electron chi connectivity index (χ2n) is 6.46. The molecule has 3 rings (SSSR count). The maximum Gasteiger partial charge on any atom is 0.269 e. The van der Waals surface area contributed by atoms with E-state index in [0.29, 0.717) is 15.9 Å². The van der Waals surface area contributed by atoms with Crippen molar-refractivity contribution in [1.82, 2.24) is 4.90 Å². The fourth-order valence-electron chi connectivity index (χ4n) is 2.86. The van der Waals surface area contributed by atoms with Gasteiger partial charge in [0.1, 0.15) is 5.75 Å². The van der Waals surface area contributed by atoms with Gasteiger partial charge < -0.3 is 9.64 Å². The minimum atomic E-state index is -0.437. The molecule has 1 heterocycles. The van der Waals surface area contributed by atoms with E-state index in [2.05, 4.69) is 0 Å². The van der Waals surface area contributed by atoms with Crippen molar-refractivity contribution in [1.29, 1.82) is 0 Å². The summed E-state index contributed by atoms with van der Waals surface area (Å²) >= 11 is 3.89. The van der Waals surface area contributed by atoms with E-state index in [4.69, 9.17) is 4.74 Å². The van der Waals surface area contributed by atoms with Crippen LogP contribution in [0.1, 0.15) is 28.7 Å². The van der Waals surface area contributed by atoms with Crippen molar-refractivity contribution < 1.29 is 14.5 Å². The van der Waals surface area contributed by atoms with Crippen molar-refractivity contribution in [2.24, 2.45) is 0 Å². The smallest absolute Gasteiger partial charge is 0.269 e. The first kappa shape index (κ1) is 20.5. The Balaban J connectivity index is 1.56. The molecule has 148 valence electrons. The first-order chi connectivity index (χ1) is 13.5. The van der Waals surface area contributed by atoms with Crippen LogP contribution in [0.5, 0.6) is 5.75 Å². The third-order valence-corrected chi connectivity index (χ3v) is 7.78. The largest absolute Gasteiger partial charge is 0.484 e. The summed E-state index contributed by atoms with van der Waals surface area (Å²) in [5, 5.41) is 10.9. The molecule has 8 heteroatoms. The van der Waals surface area contributed by atoms with Gasteiger partial charge in [-0.25, -0.2) is 0 Å². The highest BCUT2D eigenvalue weighted by atomic mass is 32.2. The second-order valence-corrected chi connectivity index (χ2v) is 9.19. The third kappa shape index (κ3) is 4.99. The van der Waals surface area contributed by atoms with Gasteiger partial charge in [0, 0.05) is 30.7 Å². The van der Waals surface area contributed by atoms with Crippen molar-refractivity contribution in [3.8, 4) is 5.75 Å². The van der Waals surface area contributed by atoms with Crippen LogP contribution in [0, 0.1) is 10.1 Å². The molecule has 6 nitrogen and oxygen atoms in total. The summed E-state index contributed by atoms with van der Waals surface area (Å²) in [7, 11) is 1.67. The molecular weight excluding hydrogens is 396 g/mol. The summed E-state index contributed by atoms with van der Waals surface area (Å²) in [4.78, 5) is 24.5. The molecule has 1 aliphatic rings. The average molecular weight is 419 g/mol. The van der Waals surface area contributed by atoms with E-state index in [1.165, 1.54) is 29.2 Å². The summed E-state index contributed by atoms with van der Waals surface area (Å²) in [5.41, 5.74) is 1.99. The number of carbonyl (C=O) groups excluding carboxylic acids is 1. The van der Waals surface area contributed by atoms with Gasteiger partial charge in [-0.1, -0.05) is 24.3 Å². The average Bonchev–Trinajstić information content (AvgIpc) is 3.26. The number of nitro groups is 1. The lowest BCUT2D eigenvalue weighted by molar-refractivity contribution is -0.384. The summed E-state index contributed by atoms with van der Waals surface area (Å²) < 4.78 is 6.13. The Morgan fingerprint density at radius 2 is 1.93 bits per heavy atom. The van der Waals surface area contributed by atoms with Crippen molar-refractivity contribution in [3.05, 3.63) is 69.8 Å². The number of hydrogen-bond acceptors (Lipinski definition) is 6. The Labute approximate surface area is 172 Å². The van der Waals surface area contributed by atoms with E-state index in [9.17, 15) is 14.9 Å². The molecule has 2 aromatic rings. The zero-order chi connectivity index (χ0) is 20.1. The third-order valence-electron chi connectivity index (χ3n) is 4.67. The first-order valence-corrected chi connectivity index (χ1v) is 11.0.